The first kappa shape index (κ1) is 20.9. The van der Waals surface area contributed by atoms with Crippen LogP contribution in [0, 0.1) is 11.3 Å². The number of anilines is 1. The first-order chi connectivity index (χ1) is 16.1. The Labute approximate surface area is 196 Å². The lowest BCUT2D eigenvalue weighted by Gasteiger charge is -2.33. The molecule has 1 aromatic heterocycles. The highest BCUT2D eigenvalue weighted by atomic mass is 32.1. The van der Waals surface area contributed by atoms with Crippen LogP contribution in [-0.2, 0) is 17.8 Å². The van der Waals surface area contributed by atoms with Gasteiger partial charge in [0.05, 0.1) is 34.6 Å². The highest BCUT2D eigenvalue weighted by molar-refractivity contribution is 7.10. The Morgan fingerprint density at radius 2 is 1.85 bits per heavy atom. The van der Waals surface area contributed by atoms with E-state index in [2.05, 4.69) is 23.6 Å². The van der Waals surface area contributed by atoms with Gasteiger partial charge in [0, 0.05) is 17.4 Å². The number of hydrogen-bond acceptors (Lipinski definition) is 5. The molecule has 0 radical (unpaired) electrons. The van der Waals surface area contributed by atoms with Crippen LogP contribution in [0.5, 0.6) is 5.75 Å². The standard InChI is InChI=1S/C27H21N3O2S/c1-18-27(31)30(16-21-9-7-20(15-28)8-10-21)24-14-22(11-12-25(24)32-18)23-17-33-26(29-23)13-19-5-3-2-4-6-19/h2-12,14,17-18H,13,16H2,1H3. The Morgan fingerprint density at radius 3 is 2.61 bits per heavy atom. The Hall–Kier alpha value is -3.95. The topological polar surface area (TPSA) is 66.2 Å². The molecule has 4 aromatic rings. The highest BCUT2D eigenvalue weighted by Gasteiger charge is 2.32. The zero-order valence-corrected chi connectivity index (χ0v) is 18.9. The van der Waals surface area contributed by atoms with Crippen molar-refractivity contribution in [2.45, 2.75) is 26.0 Å². The number of fused-ring (bicyclic) bond motifs is 1. The second-order valence-corrected chi connectivity index (χ2v) is 8.91. The molecule has 1 atom stereocenters. The second-order valence-electron chi connectivity index (χ2n) is 7.96. The molecule has 5 nitrogen and oxygen atoms in total. The molecular weight excluding hydrogens is 430 g/mol. The number of ether oxygens (including phenoxy) is 1. The largest absolute Gasteiger partial charge is 0.479 e. The van der Waals surface area contributed by atoms with Crippen molar-refractivity contribution < 1.29 is 9.53 Å². The first-order valence-corrected chi connectivity index (χ1v) is 11.6. The molecule has 0 spiro atoms. The number of rotatable bonds is 5. The number of benzene rings is 3. The Kier molecular flexibility index (Phi) is 5.64. The van der Waals surface area contributed by atoms with Crippen molar-refractivity contribution in [2.75, 3.05) is 4.90 Å². The van der Waals surface area contributed by atoms with Crippen LogP contribution in [-0.4, -0.2) is 17.0 Å². The quantitative estimate of drug-likeness (QED) is 0.397. The van der Waals surface area contributed by atoms with E-state index in [-0.39, 0.29) is 5.91 Å². The van der Waals surface area contributed by atoms with Gasteiger partial charge in [0.25, 0.3) is 5.91 Å². The van der Waals surface area contributed by atoms with Gasteiger partial charge in [0.1, 0.15) is 5.75 Å². The molecule has 1 unspecified atom stereocenters. The molecule has 0 saturated carbocycles. The number of amides is 1. The Morgan fingerprint density at radius 1 is 1.06 bits per heavy atom. The summed E-state index contributed by atoms with van der Waals surface area (Å²) in [5, 5.41) is 12.1. The van der Waals surface area contributed by atoms with Crippen molar-refractivity contribution in [3.05, 3.63) is 99.9 Å². The minimum Gasteiger partial charge on any atom is -0.479 e. The van der Waals surface area contributed by atoms with Gasteiger partial charge < -0.3 is 9.64 Å². The molecule has 1 aliphatic rings. The predicted molar refractivity (Wildman–Crippen MR) is 129 cm³/mol. The molecule has 3 aromatic carbocycles. The lowest BCUT2D eigenvalue weighted by atomic mass is 10.1. The van der Waals surface area contributed by atoms with Crippen molar-refractivity contribution in [1.82, 2.24) is 4.98 Å². The van der Waals surface area contributed by atoms with Crippen LogP contribution in [0.1, 0.15) is 28.6 Å². The fraction of sp³-hybridized carbons (Fsp3) is 0.148. The maximum Gasteiger partial charge on any atom is 0.268 e. The summed E-state index contributed by atoms with van der Waals surface area (Å²) in [5.41, 5.74) is 5.34. The van der Waals surface area contributed by atoms with Gasteiger partial charge in [-0.1, -0.05) is 42.5 Å². The van der Waals surface area contributed by atoms with Crippen LogP contribution in [0.25, 0.3) is 11.3 Å². The zero-order chi connectivity index (χ0) is 22.8. The number of nitrogens with zero attached hydrogens (tertiary/aromatic N) is 3. The van der Waals surface area contributed by atoms with Crippen molar-refractivity contribution in [2.24, 2.45) is 0 Å². The molecule has 33 heavy (non-hydrogen) atoms. The normalized spacial score (nSPS) is 15.0. The molecule has 1 aliphatic heterocycles. The molecule has 0 saturated heterocycles. The number of carbonyl (C=O) groups is 1. The number of nitriles is 1. The van der Waals surface area contributed by atoms with E-state index in [0.29, 0.717) is 17.9 Å². The number of hydrogen-bond donors (Lipinski definition) is 0. The summed E-state index contributed by atoms with van der Waals surface area (Å²) in [4.78, 5) is 19.6. The number of carbonyl (C=O) groups excluding carboxylic acids is 1. The third-order valence-corrected chi connectivity index (χ3v) is 6.49. The lowest BCUT2D eigenvalue weighted by Crippen LogP contribution is -2.44. The smallest absolute Gasteiger partial charge is 0.268 e. The van der Waals surface area contributed by atoms with E-state index in [1.807, 2.05) is 48.5 Å². The average molecular weight is 452 g/mol. The molecule has 0 N–H and O–H groups in total. The predicted octanol–water partition coefficient (Wildman–Crippen LogP) is 5.59. The van der Waals surface area contributed by atoms with Gasteiger partial charge in [-0.25, -0.2) is 4.98 Å². The number of aromatic nitrogens is 1. The summed E-state index contributed by atoms with van der Waals surface area (Å²) >= 11 is 1.64. The monoisotopic (exact) mass is 451 g/mol. The van der Waals surface area contributed by atoms with Crippen LogP contribution in [0.4, 0.5) is 5.69 Å². The van der Waals surface area contributed by atoms with Crippen molar-refractivity contribution >= 4 is 22.9 Å². The lowest BCUT2D eigenvalue weighted by molar-refractivity contribution is -0.125. The van der Waals surface area contributed by atoms with E-state index < -0.39 is 6.10 Å². The summed E-state index contributed by atoms with van der Waals surface area (Å²) in [6.45, 7) is 2.17. The summed E-state index contributed by atoms with van der Waals surface area (Å²) < 4.78 is 5.87. The van der Waals surface area contributed by atoms with Gasteiger partial charge in [0.15, 0.2) is 6.10 Å². The summed E-state index contributed by atoms with van der Waals surface area (Å²) in [5.74, 6) is 0.589. The zero-order valence-electron chi connectivity index (χ0n) is 18.1. The molecule has 0 aliphatic carbocycles. The minimum atomic E-state index is -0.557. The second kappa shape index (κ2) is 8.89. The molecule has 2 heterocycles. The molecule has 1 amide bonds. The fourth-order valence-electron chi connectivity index (χ4n) is 3.89. The van der Waals surface area contributed by atoms with E-state index >= 15 is 0 Å². The third-order valence-electron chi connectivity index (χ3n) is 5.64. The maximum atomic E-state index is 13.0. The molecule has 0 bridgehead atoms. The Bertz CT molecular complexity index is 1340. The molecule has 0 fully saturated rings. The summed E-state index contributed by atoms with van der Waals surface area (Å²) in [6, 6.07) is 25.6. The van der Waals surface area contributed by atoms with Gasteiger partial charge in [-0.2, -0.15) is 5.26 Å². The molecule has 162 valence electrons. The van der Waals surface area contributed by atoms with Gasteiger partial charge in [-0.15, -0.1) is 11.3 Å². The summed E-state index contributed by atoms with van der Waals surface area (Å²) in [7, 11) is 0. The molecule has 6 heteroatoms. The van der Waals surface area contributed by atoms with Crippen molar-refractivity contribution in [1.29, 1.82) is 5.26 Å². The SMILES string of the molecule is CC1Oc2ccc(-c3csc(Cc4ccccc4)n3)cc2N(Cc2ccc(C#N)cc2)C1=O. The summed E-state index contributed by atoms with van der Waals surface area (Å²) in [6.07, 6.45) is 0.235. The van der Waals surface area contributed by atoms with Crippen LogP contribution < -0.4 is 9.64 Å². The number of thiazole rings is 1. The minimum absolute atomic E-state index is 0.0907. The van der Waals surface area contributed by atoms with Gasteiger partial charge >= 0.3 is 0 Å². The van der Waals surface area contributed by atoms with Crippen LogP contribution in [0.15, 0.2) is 78.2 Å². The van der Waals surface area contributed by atoms with Crippen molar-refractivity contribution in [3.8, 4) is 23.1 Å². The van der Waals surface area contributed by atoms with Gasteiger partial charge in [-0.05, 0) is 48.4 Å². The molecule has 5 rings (SSSR count). The fourth-order valence-corrected chi connectivity index (χ4v) is 4.73. The molecular formula is C27H21N3O2S. The Balaban J connectivity index is 1.44. The van der Waals surface area contributed by atoms with Crippen molar-refractivity contribution in [3.63, 3.8) is 0 Å². The first-order valence-electron chi connectivity index (χ1n) is 10.7. The third kappa shape index (κ3) is 4.36. The van der Waals surface area contributed by atoms with E-state index in [0.717, 1.165) is 33.9 Å². The highest BCUT2D eigenvalue weighted by Crippen LogP contribution is 2.38. The maximum absolute atomic E-state index is 13.0. The van der Waals surface area contributed by atoms with Gasteiger partial charge in [0.2, 0.25) is 0 Å². The van der Waals surface area contributed by atoms with E-state index in [1.54, 1.807) is 35.3 Å². The van der Waals surface area contributed by atoms with Gasteiger partial charge in [-0.3, -0.25) is 4.79 Å². The van der Waals surface area contributed by atoms with Crippen LogP contribution in [0.3, 0.4) is 0 Å². The van der Waals surface area contributed by atoms with E-state index in [9.17, 15) is 4.79 Å². The van der Waals surface area contributed by atoms with Crippen LogP contribution >= 0.6 is 11.3 Å². The average Bonchev–Trinajstić information content (AvgIpc) is 3.31. The van der Waals surface area contributed by atoms with E-state index in [4.69, 9.17) is 15.0 Å². The van der Waals surface area contributed by atoms with Crippen LogP contribution in [0.2, 0.25) is 0 Å². The van der Waals surface area contributed by atoms with E-state index in [1.165, 1.54) is 5.56 Å².